The predicted octanol–water partition coefficient (Wildman–Crippen LogP) is 5.85. The third-order valence-electron chi connectivity index (χ3n) is 5.21. The van der Waals surface area contributed by atoms with E-state index in [0.29, 0.717) is 11.4 Å². The van der Waals surface area contributed by atoms with Gasteiger partial charge in [-0.05, 0) is 48.2 Å². The van der Waals surface area contributed by atoms with E-state index in [1.165, 1.54) is 0 Å². The van der Waals surface area contributed by atoms with Crippen LogP contribution in [-0.2, 0) is 0 Å². The molecule has 0 aliphatic carbocycles. The molecular formula is C23H21N5OS. The van der Waals surface area contributed by atoms with Gasteiger partial charge < -0.3 is 10.3 Å². The van der Waals surface area contributed by atoms with Crippen LogP contribution in [0.25, 0.3) is 32.9 Å². The third kappa shape index (κ3) is 3.07. The molecule has 0 unspecified atom stereocenters. The van der Waals surface area contributed by atoms with Gasteiger partial charge in [-0.15, -0.1) is 11.3 Å². The molecule has 0 radical (unpaired) electrons. The largest absolute Gasteiger partial charge is 0.361 e. The van der Waals surface area contributed by atoms with E-state index in [0.717, 1.165) is 42.8 Å². The zero-order chi connectivity index (χ0) is 20.8. The van der Waals surface area contributed by atoms with Gasteiger partial charge in [-0.3, -0.25) is 9.89 Å². The highest BCUT2D eigenvalue weighted by atomic mass is 32.1. The van der Waals surface area contributed by atoms with Gasteiger partial charge in [0, 0.05) is 27.4 Å². The molecule has 5 aromatic rings. The van der Waals surface area contributed by atoms with Crippen LogP contribution in [0.15, 0.2) is 48.8 Å². The van der Waals surface area contributed by atoms with E-state index < -0.39 is 0 Å². The molecule has 150 valence electrons. The molecule has 7 heteroatoms. The molecule has 0 aliphatic heterocycles. The monoisotopic (exact) mass is 415 g/mol. The van der Waals surface area contributed by atoms with Crippen LogP contribution in [0.2, 0.25) is 0 Å². The number of nitrogens with zero attached hydrogens (tertiary/aromatic N) is 2. The van der Waals surface area contributed by atoms with Crippen molar-refractivity contribution in [1.82, 2.24) is 20.2 Å². The van der Waals surface area contributed by atoms with Gasteiger partial charge in [-0.25, -0.2) is 4.98 Å². The Morgan fingerprint density at radius 2 is 2.00 bits per heavy atom. The maximum Gasteiger partial charge on any atom is 0.275 e. The number of carbonyl (C=O) groups is 1. The molecule has 0 saturated carbocycles. The van der Waals surface area contributed by atoms with Gasteiger partial charge >= 0.3 is 0 Å². The lowest BCUT2D eigenvalue weighted by Gasteiger charge is -2.11. The Labute approximate surface area is 177 Å². The zero-order valence-corrected chi connectivity index (χ0v) is 17.7. The summed E-state index contributed by atoms with van der Waals surface area (Å²) in [6.45, 7) is 6.09. The van der Waals surface area contributed by atoms with Gasteiger partial charge in [0.25, 0.3) is 5.91 Å². The normalized spacial score (nSPS) is 11.6. The minimum atomic E-state index is -0.192. The first-order valence-electron chi connectivity index (χ1n) is 9.83. The van der Waals surface area contributed by atoms with Crippen LogP contribution in [0.1, 0.15) is 40.1 Å². The second-order valence-electron chi connectivity index (χ2n) is 7.65. The van der Waals surface area contributed by atoms with Crippen molar-refractivity contribution in [2.75, 3.05) is 5.32 Å². The first-order chi connectivity index (χ1) is 14.5. The Kier molecular flexibility index (Phi) is 4.40. The number of aryl methyl sites for hydroxylation is 1. The van der Waals surface area contributed by atoms with E-state index in [2.05, 4.69) is 57.5 Å². The average molecular weight is 416 g/mol. The molecule has 0 spiro atoms. The Bertz CT molecular complexity index is 1390. The first-order valence-corrected chi connectivity index (χ1v) is 10.6. The maximum atomic E-state index is 13.1. The SMILES string of the molecule is Cc1nc(C(=O)Nc2cc(-c3cccc4[nH]ccc34)cc3[nH]ncc23)c(C(C)C)s1. The standard InChI is InChI=1S/C23H21N5OS/c1-12(2)22-21(26-13(3)30-22)23(29)27-19-9-14(10-20-17(19)11-25-28-20)15-5-4-6-18-16(15)7-8-24-18/h4-12,24H,1-3H3,(H,25,28)(H,27,29). The number of thiazole rings is 1. The van der Waals surface area contributed by atoms with Crippen LogP contribution in [-0.4, -0.2) is 26.1 Å². The summed E-state index contributed by atoms with van der Waals surface area (Å²) >= 11 is 1.58. The molecule has 0 aliphatic rings. The molecule has 3 aromatic heterocycles. The van der Waals surface area contributed by atoms with Gasteiger partial charge in [0.15, 0.2) is 0 Å². The number of hydrogen-bond acceptors (Lipinski definition) is 4. The molecule has 0 saturated heterocycles. The molecule has 5 rings (SSSR count). The molecule has 30 heavy (non-hydrogen) atoms. The molecule has 3 heterocycles. The number of fused-ring (bicyclic) bond motifs is 2. The van der Waals surface area contributed by atoms with Crippen molar-refractivity contribution in [3.8, 4) is 11.1 Å². The lowest BCUT2D eigenvalue weighted by molar-refractivity contribution is 0.102. The highest BCUT2D eigenvalue weighted by Crippen LogP contribution is 2.34. The highest BCUT2D eigenvalue weighted by Gasteiger charge is 2.20. The quantitative estimate of drug-likeness (QED) is 0.344. The number of anilines is 1. The molecule has 0 fully saturated rings. The number of aromatic amines is 2. The van der Waals surface area contributed by atoms with Crippen LogP contribution >= 0.6 is 11.3 Å². The van der Waals surface area contributed by atoms with Crippen LogP contribution < -0.4 is 5.32 Å². The van der Waals surface area contributed by atoms with Crippen molar-refractivity contribution in [2.45, 2.75) is 26.7 Å². The zero-order valence-electron chi connectivity index (χ0n) is 16.9. The van der Waals surface area contributed by atoms with Crippen LogP contribution in [0.3, 0.4) is 0 Å². The number of nitrogens with one attached hydrogen (secondary N) is 3. The summed E-state index contributed by atoms with van der Waals surface area (Å²) in [6.07, 6.45) is 3.67. The molecule has 2 aromatic carbocycles. The van der Waals surface area contributed by atoms with Gasteiger partial charge in [-0.1, -0.05) is 26.0 Å². The van der Waals surface area contributed by atoms with E-state index in [1.807, 2.05) is 31.3 Å². The van der Waals surface area contributed by atoms with Crippen LogP contribution in [0, 0.1) is 6.92 Å². The van der Waals surface area contributed by atoms with Crippen LogP contribution in [0.5, 0.6) is 0 Å². The molecule has 0 bridgehead atoms. The summed E-state index contributed by atoms with van der Waals surface area (Å²) in [5, 5.41) is 13.2. The fraction of sp³-hybridized carbons (Fsp3) is 0.174. The van der Waals surface area contributed by atoms with E-state index >= 15 is 0 Å². The highest BCUT2D eigenvalue weighted by molar-refractivity contribution is 7.12. The topological polar surface area (TPSA) is 86.5 Å². The van der Waals surface area contributed by atoms with Gasteiger partial charge in [0.05, 0.1) is 22.4 Å². The van der Waals surface area contributed by atoms with Crippen molar-refractivity contribution in [2.24, 2.45) is 0 Å². The number of hydrogen-bond donors (Lipinski definition) is 3. The van der Waals surface area contributed by atoms with E-state index in [1.54, 1.807) is 17.5 Å². The first kappa shape index (κ1) is 18.6. The van der Waals surface area contributed by atoms with Crippen molar-refractivity contribution in [3.63, 3.8) is 0 Å². The fourth-order valence-electron chi connectivity index (χ4n) is 3.83. The maximum absolute atomic E-state index is 13.1. The molecule has 1 amide bonds. The summed E-state index contributed by atoms with van der Waals surface area (Å²) in [5.74, 6) is 0.0472. The Hall–Kier alpha value is -3.45. The Morgan fingerprint density at radius 1 is 1.13 bits per heavy atom. The van der Waals surface area contributed by atoms with E-state index in [4.69, 9.17) is 0 Å². The lowest BCUT2D eigenvalue weighted by atomic mass is 9.99. The number of H-pyrrole nitrogens is 2. The van der Waals surface area contributed by atoms with Crippen molar-refractivity contribution in [3.05, 3.63) is 64.4 Å². The lowest BCUT2D eigenvalue weighted by Crippen LogP contribution is -2.15. The van der Waals surface area contributed by atoms with Crippen LogP contribution in [0.4, 0.5) is 5.69 Å². The minimum Gasteiger partial charge on any atom is -0.361 e. The van der Waals surface area contributed by atoms with Gasteiger partial charge in [0.2, 0.25) is 0 Å². The summed E-state index contributed by atoms with van der Waals surface area (Å²) < 4.78 is 0. The van der Waals surface area contributed by atoms with E-state index in [-0.39, 0.29) is 11.8 Å². The van der Waals surface area contributed by atoms with Crippen molar-refractivity contribution in [1.29, 1.82) is 0 Å². The number of rotatable bonds is 4. The number of amides is 1. The summed E-state index contributed by atoms with van der Waals surface area (Å²) in [4.78, 5) is 21.9. The summed E-state index contributed by atoms with van der Waals surface area (Å²) in [7, 11) is 0. The number of carbonyl (C=O) groups excluding carboxylic acids is 1. The average Bonchev–Trinajstić information content (AvgIpc) is 3.46. The molecule has 3 N–H and O–H groups in total. The van der Waals surface area contributed by atoms with Crippen molar-refractivity contribution < 1.29 is 4.79 Å². The molecule has 6 nitrogen and oxygen atoms in total. The second-order valence-corrected chi connectivity index (χ2v) is 8.89. The number of benzene rings is 2. The summed E-state index contributed by atoms with van der Waals surface area (Å²) in [5.41, 5.74) is 5.26. The number of aromatic nitrogens is 4. The minimum absolute atomic E-state index is 0.192. The Morgan fingerprint density at radius 3 is 2.83 bits per heavy atom. The molecular weight excluding hydrogens is 394 g/mol. The van der Waals surface area contributed by atoms with Gasteiger partial charge in [0.1, 0.15) is 5.69 Å². The second kappa shape index (κ2) is 7.11. The Balaban J connectivity index is 1.61. The fourth-order valence-corrected chi connectivity index (χ4v) is 4.75. The van der Waals surface area contributed by atoms with E-state index in [9.17, 15) is 4.79 Å². The van der Waals surface area contributed by atoms with Crippen molar-refractivity contribution >= 4 is 44.7 Å². The van der Waals surface area contributed by atoms with Gasteiger partial charge in [-0.2, -0.15) is 5.10 Å². The predicted molar refractivity (Wildman–Crippen MR) is 122 cm³/mol. The molecule has 0 atom stereocenters. The smallest absolute Gasteiger partial charge is 0.275 e. The third-order valence-corrected chi connectivity index (χ3v) is 6.48. The summed E-state index contributed by atoms with van der Waals surface area (Å²) in [6, 6.07) is 12.3.